The Morgan fingerprint density at radius 3 is 2.41 bits per heavy atom. The number of rotatable bonds is 10. The lowest BCUT2D eigenvalue weighted by atomic mass is 10.0. The van der Waals surface area contributed by atoms with Crippen molar-refractivity contribution in [2.24, 2.45) is 0 Å². The maximum atomic E-state index is 12.7. The Hall–Kier alpha value is -2.64. The van der Waals surface area contributed by atoms with Crippen LogP contribution in [0.5, 0.6) is 5.75 Å². The number of aliphatic hydroxyl groups excluding tert-OH is 1. The largest absolute Gasteiger partial charge is 0.496 e. The van der Waals surface area contributed by atoms with Crippen molar-refractivity contribution in [2.75, 3.05) is 26.9 Å². The van der Waals surface area contributed by atoms with E-state index in [4.69, 9.17) is 14.6 Å². The highest BCUT2D eigenvalue weighted by Crippen LogP contribution is 2.29. The minimum absolute atomic E-state index is 0.0515. The molecule has 0 spiro atoms. The molecule has 0 aliphatic heterocycles. The molecule has 0 aromatic heterocycles. The summed E-state index contributed by atoms with van der Waals surface area (Å²) in [6, 6.07) is 9.86. The molecule has 2 rings (SSSR count). The quantitative estimate of drug-likeness (QED) is 0.347. The van der Waals surface area contributed by atoms with Crippen molar-refractivity contribution in [1.29, 1.82) is 0 Å². The van der Waals surface area contributed by atoms with Crippen molar-refractivity contribution < 1.29 is 32.5 Å². The number of aliphatic hydroxyl groups is 1. The van der Waals surface area contributed by atoms with Crippen molar-refractivity contribution in [3.8, 4) is 5.75 Å². The number of ether oxygens (including phenoxy) is 2. The van der Waals surface area contributed by atoms with E-state index < -0.39 is 11.7 Å². The number of halogens is 3. The van der Waals surface area contributed by atoms with Gasteiger partial charge in [0.05, 0.1) is 25.9 Å². The zero-order valence-corrected chi connectivity index (χ0v) is 16.0. The van der Waals surface area contributed by atoms with E-state index in [1.54, 1.807) is 30.4 Å². The zero-order chi connectivity index (χ0) is 21.3. The topological polar surface area (TPSA) is 55.8 Å². The molecule has 0 saturated heterocycles. The first kappa shape index (κ1) is 22.6. The number of alkyl halides is 3. The molecule has 0 fully saturated rings. The number of ketones is 1. The summed E-state index contributed by atoms with van der Waals surface area (Å²) in [6.45, 7) is 0.583. The maximum Gasteiger partial charge on any atom is 0.416 e. The molecule has 0 heterocycles. The van der Waals surface area contributed by atoms with Gasteiger partial charge in [-0.1, -0.05) is 24.3 Å². The molecule has 2 aromatic rings. The highest BCUT2D eigenvalue weighted by Gasteiger charge is 2.29. The first-order valence-electron chi connectivity index (χ1n) is 9.10. The van der Waals surface area contributed by atoms with E-state index in [1.807, 2.05) is 0 Å². The normalized spacial score (nSPS) is 11.8. The Balaban J connectivity index is 2.10. The molecule has 7 heteroatoms. The molecule has 0 radical (unpaired) electrons. The summed E-state index contributed by atoms with van der Waals surface area (Å²) in [5.41, 5.74) is 1.05. The number of carbonyl (C=O) groups excluding carboxylic acids is 1. The van der Waals surface area contributed by atoms with Crippen molar-refractivity contribution >= 4 is 17.9 Å². The van der Waals surface area contributed by atoms with Gasteiger partial charge in [-0.3, -0.25) is 4.79 Å². The Morgan fingerprint density at radius 2 is 1.79 bits per heavy atom. The van der Waals surface area contributed by atoms with Crippen LogP contribution in [-0.4, -0.2) is 37.8 Å². The predicted molar refractivity (Wildman–Crippen MR) is 105 cm³/mol. The average Bonchev–Trinajstić information content (AvgIpc) is 2.71. The fourth-order valence-corrected chi connectivity index (χ4v) is 2.65. The van der Waals surface area contributed by atoms with Gasteiger partial charge in [0, 0.05) is 24.2 Å². The smallest absolute Gasteiger partial charge is 0.416 e. The van der Waals surface area contributed by atoms with Gasteiger partial charge in [-0.05, 0) is 42.3 Å². The van der Waals surface area contributed by atoms with E-state index in [2.05, 4.69) is 0 Å². The van der Waals surface area contributed by atoms with Crippen LogP contribution in [0.15, 0.2) is 42.5 Å². The molecule has 0 aliphatic carbocycles. The predicted octanol–water partition coefficient (Wildman–Crippen LogP) is 4.86. The second-order valence-corrected chi connectivity index (χ2v) is 6.27. The Bertz CT molecular complexity index is 827. The van der Waals surface area contributed by atoms with Crippen molar-refractivity contribution in [1.82, 2.24) is 0 Å². The highest BCUT2D eigenvalue weighted by molar-refractivity contribution is 5.97. The molecule has 0 atom stereocenters. The summed E-state index contributed by atoms with van der Waals surface area (Å²) in [5, 5.41) is 8.65. The Morgan fingerprint density at radius 1 is 1.07 bits per heavy atom. The maximum absolute atomic E-state index is 12.7. The molecular weight excluding hydrogens is 385 g/mol. The molecule has 0 aliphatic rings. The van der Waals surface area contributed by atoms with Gasteiger partial charge in [0.25, 0.3) is 0 Å². The standard InChI is InChI=1S/C22H23F3O4/c1-28-21-11-8-17(20(27)3-2-13-29-14-12-26)15-18(21)7-4-16-5-9-19(10-6-16)22(23,24)25/h4-11,15,26H,2-3,12-14H2,1H3/b7-4+. The van der Waals surface area contributed by atoms with Crippen LogP contribution in [0.4, 0.5) is 13.2 Å². The molecule has 2 aromatic carbocycles. The van der Waals surface area contributed by atoms with Gasteiger partial charge < -0.3 is 14.6 Å². The lowest BCUT2D eigenvalue weighted by Gasteiger charge is -2.08. The zero-order valence-electron chi connectivity index (χ0n) is 16.0. The number of methoxy groups -OCH3 is 1. The third-order valence-electron chi connectivity index (χ3n) is 4.17. The first-order valence-corrected chi connectivity index (χ1v) is 9.10. The summed E-state index contributed by atoms with van der Waals surface area (Å²) < 4.78 is 48.4. The van der Waals surface area contributed by atoms with E-state index in [0.717, 1.165) is 12.1 Å². The lowest BCUT2D eigenvalue weighted by Crippen LogP contribution is -2.05. The molecule has 0 saturated carbocycles. The molecule has 0 bridgehead atoms. The van der Waals surface area contributed by atoms with Crippen LogP contribution >= 0.6 is 0 Å². The average molecular weight is 408 g/mol. The van der Waals surface area contributed by atoms with Crippen molar-refractivity contribution in [3.63, 3.8) is 0 Å². The van der Waals surface area contributed by atoms with Crippen LogP contribution < -0.4 is 4.74 Å². The molecule has 156 valence electrons. The van der Waals surface area contributed by atoms with Gasteiger partial charge in [-0.25, -0.2) is 0 Å². The van der Waals surface area contributed by atoms with E-state index in [-0.39, 0.29) is 19.0 Å². The van der Waals surface area contributed by atoms with Gasteiger partial charge in [-0.15, -0.1) is 0 Å². The Kier molecular flexibility index (Phi) is 8.42. The van der Waals surface area contributed by atoms with Crippen LogP contribution in [0.25, 0.3) is 12.2 Å². The SMILES string of the molecule is COc1ccc(C(=O)CCCOCCO)cc1/C=C/c1ccc(C(F)(F)F)cc1. The fraction of sp³-hybridized carbons (Fsp3) is 0.318. The van der Waals surface area contributed by atoms with Crippen LogP contribution in [0.3, 0.4) is 0 Å². The third-order valence-corrected chi connectivity index (χ3v) is 4.17. The highest BCUT2D eigenvalue weighted by atomic mass is 19.4. The minimum Gasteiger partial charge on any atom is -0.496 e. The summed E-state index contributed by atoms with van der Waals surface area (Å²) in [6.07, 6.45) is -0.164. The van der Waals surface area contributed by atoms with Gasteiger partial charge in [0.2, 0.25) is 0 Å². The number of Topliss-reactive ketones (excluding diaryl/α,β-unsaturated/α-hetero) is 1. The fourth-order valence-electron chi connectivity index (χ4n) is 2.65. The number of benzene rings is 2. The van der Waals surface area contributed by atoms with Crippen molar-refractivity contribution in [3.05, 3.63) is 64.7 Å². The molecule has 0 amide bonds. The van der Waals surface area contributed by atoms with Crippen molar-refractivity contribution in [2.45, 2.75) is 19.0 Å². The Labute approximate surface area is 167 Å². The van der Waals surface area contributed by atoms with E-state index in [0.29, 0.717) is 41.9 Å². The summed E-state index contributed by atoms with van der Waals surface area (Å²) in [5.74, 6) is 0.500. The summed E-state index contributed by atoms with van der Waals surface area (Å²) in [4.78, 5) is 12.4. The first-order chi connectivity index (χ1) is 13.8. The molecule has 1 N–H and O–H groups in total. The minimum atomic E-state index is -4.37. The van der Waals surface area contributed by atoms with Crippen LogP contribution in [-0.2, 0) is 10.9 Å². The number of hydrogen-bond acceptors (Lipinski definition) is 4. The summed E-state index contributed by atoms with van der Waals surface area (Å²) in [7, 11) is 1.50. The number of hydrogen-bond donors (Lipinski definition) is 1. The van der Waals surface area contributed by atoms with E-state index >= 15 is 0 Å². The van der Waals surface area contributed by atoms with Gasteiger partial charge in [-0.2, -0.15) is 13.2 Å². The second kappa shape index (κ2) is 10.8. The summed E-state index contributed by atoms with van der Waals surface area (Å²) >= 11 is 0. The van der Waals surface area contributed by atoms with Gasteiger partial charge >= 0.3 is 6.18 Å². The van der Waals surface area contributed by atoms with Crippen LogP contribution in [0.2, 0.25) is 0 Å². The van der Waals surface area contributed by atoms with E-state index in [1.165, 1.54) is 19.2 Å². The van der Waals surface area contributed by atoms with Gasteiger partial charge in [0.1, 0.15) is 5.75 Å². The van der Waals surface area contributed by atoms with Crippen LogP contribution in [0.1, 0.15) is 39.9 Å². The lowest BCUT2D eigenvalue weighted by molar-refractivity contribution is -0.137. The van der Waals surface area contributed by atoms with Gasteiger partial charge in [0.15, 0.2) is 5.78 Å². The van der Waals surface area contributed by atoms with E-state index in [9.17, 15) is 18.0 Å². The molecule has 4 nitrogen and oxygen atoms in total. The van der Waals surface area contributed by atoms with Crippen LogP contribution in [0, 0.1) is 0 Å². The molecular formula is C22H23F3O4. The molecule has 0 unspecified atom stereocenters. The third kappa shape index (κ3) is 7.03. The monoisotopic (exact) mass is 408 g/mol. The molecule has 29 heavy (non-hydrogen) atoms. The second-order valence-electron chi connectivity index (χ2n) is 6.27. The number of carbonyl (C=O) groups is 1.